The zero-order valence-corrected chi connectivity index (χ0v) is 8.86. The summed E-state index contributed by atoms with van der Waals surface area (Å²) in [6.45, 7) is 3.26. The normalized spacial score (nSPS) is 8.00. The average molecular weight is 172 g/mol. The van der Waals surface area contributed by atoms with Crippen molar-refractivity contribution in [3.63, 3.8) is 0 Å². The second-order valence-electron chi connectivity index (χ2n) is 1.79. The molecule has 1 heterocycles. The van der Waals surface area contributed by atoms with Crippen LogP contribution >= 0.6 is 0 Å². The molecule has 57 valence electrons. The number of hydrogen-bond acceptors (Lipinski definition) is 3. The third-order valence-corrected chi connectivity index (χ3v) is 1.06. The van der Waals surface area contributed by atoms with Crippen molar-refractivity contribution in [1.82, 2.24) is 4.98 Å². The maximum Gasteiger partial charge on any atom is 0.361 e. The van der Waals surface area contributed by atoms with Crippen LogP contribution in [0.4, 0.5) is 0 Å². The molecule has 0 aliphatic heterocycles. The van der Waals surface area contributed by atoms with Crippen LogP contribution in [-0.4, -0.2) is 40.5 Å². The number of esters is 1. The van der Waals surface area contributed by atoms with Crippen LogP contribution in [0.2, 0.25) is 0 Å². The quantitative estimate of drug-likeness (QED) is 0.379. The van der Waals surface area contributed by atoms with Crippen LogP contribution in [0.5, 0.6) is 0 Å². The molecule has 0 aliphatic rings. The van der Waals surface area contributed by atoms with Gasteiger partial charge >= 0.3 is 5.97 Å². The molecule has 0 aliphatic carbocycles. The molecule has 1 rings (SSSR count). The van der Waals surface area contributed by atoms with Gasteiger partial charge in [-0.1, -0.05) is 12.6 Å². The summed E-state index contributed by atoms with van der Waals surface area (Å²) < 4.78 is 4.49. The van der Waals surface area contributed by atoms with E-state index in [0.29, 0.717) is 0 Å². The molecule has 0 bridgehead atoms. The van der Waals surface area contributed by atoms with Crippen LogP contribution in [0.1, 0.15) is 10.5 Å². The Morgan fingerprint density at radius 3 is 2.83 bits per heavy atom. The van der Waals surface area contributed by atoms with Gasteiger partial charge in [0.2, 0.25) is 0 Å². The Morgan fingerprint density at radius 1 is 1.58 bits per heavy atom. The van der Waals surface area contributed by atoms with Crippen molar-refractivity contribution in [2.24, 2.45) is 0 Å². The number of carbonyl (C=O) groups is 1. The van der Waals surface area contributed by atoms with Crippen molar-refractivity contribution in [3.8, 4) is 0 Å². The summed E-state index contributed by atoms with van der Waals surface area (Å²) in [6.07, 6.45) is 2.61. The van der Waals surface area contributed by atoms with E-state index in [0.717, 1.165) is 6.26 Å². The third-order valence-electron chi connectivity index (χ3n) is 1.06. The van der Waals surface area contributed by atoms with Crippen molar-refractivity contribution < 1.29 is 9.53 Å². The number of pyridine rings is 1. The molecule has 1 aromatic heterocycles. The minimum Gasteiger partial charge on any atom is -0.430 e. The second-order valence-corrected chi connectivity index (χ2v) is 1.79. The summed E-state index contributed by atoms with van der Waals surface area (Å²) in [6, 6.07) is 5.02. The van der Waals surface area contributed by atoms with Gasteiger partial charge in [-0.3, -0.25) is 0 Å². The van der Waals surface area contributed by atoms with Gasteiger partial charge in [0.25, 0.3) is 0 Å². The number of carbonyl (C=O) groups excluding carboxylic acids is 1. The van der Waals surface area contributed by atoms with Crippen LogP contribution < -0.4 is 0 Å². The molecule has 0 N–H and O–H groups in total. The zero-order valence-electron chi connectivity index (χ0n) is 6.86. The number of hydrogen-bond donors (Lipinski definition) is 0. The summed E-state index contributed by atoms with van der Waals surface area (Å²) >= 11 is 0. The molecule has 4 heteroatoms. The van der Waals surface area contributed by atoms with Crippen LogP contribution in [0.15, 0.2) is 37.2 Å². The molecule has 0 atom stereocenters. The van der Waals surface area contributed by atoms with Crippen LogP contribution in [0.3, 0.4) is 0 Å². The van der Waals surface area contributed by atoms with Crippen LogP contribution in [-0.2, 0) is 4.74 Å². The van der Waals surface area contributed by atoms with E-state index < -0.39 is 5.97 Å². The zero-order chi connectivity index (χ0) is 8.10. The van der Waals surface area contributed by atoms with Crippen molar-refractivity contribution in [3.05, 3.63) is 42.9 Å². The smallest absolute Gasteiger partial charge is 0.361 e. The van der Waals surface area contributed by atoms with Gasteiger partial charge in [-0.05, 0) is 12.1 Å². The Balaban J connectivity index is 0.00000121. The summed E-state index contributed by atoms with van der Waals surface area (Å²) in [4.78, 5) is 14.7. The van der Waals surface area contributed by atoms with Crippen molar-refractivity contribution in [2.75, 3.05) is 0 Å². The minimum atomic E-state index is -0.486. The second kappa shape index (κ2) is 5.94. The maximum atomic E-state index is 10.9. The van der Waals surface area contributed by atoms with E-state index in [1.807, 2.05) is 0 Å². The van der Waals surface area contributed by atoms with Crippen molar-refractivity contribution in [2.45, 2.75) is 0 Å². The van der Waals surface area contributed by atoms with Gasteiger partial charge in [-0.15, -0.1) is 0 Å². The molecule has 0 saturated heterocycles. The van der Waals surface area contributed by atoms with Crippen LogP contribution in [0, 0.1) is 0 Å². The Labute approximate surface area is 92.7 Å². The minimum absolute atomic E-state index is 0. The molecule has 0 unspecified atom stereocenters. The van der Waals surface area contributed by atoms with Gasteiger partial charge in [-0.2, -0.15) is 0 Å². The molecule has 0 spiro atoms. The Kier molecular flexibility index (Phi) is 5.62. The SMILES string of the molecule is C=COC(=O)c1ccccn1.[Na]. The molecule has 12 heavy (non-hydrogen) atoms. The fraction of sp³-hybridized carbons (Fsp3) is 0. The molecule has 0 aromatic carbocycles. The van der Waals surface area contributed by atoms with Crippen molar-refractivity contribution in [1.29, 1.82) is 0 Å². The predicted molar refractivity (Wildman–Crippen MR) is 45.6 cm³/mol. The first-order valence-electron chi connectivity index (χ1n) is 3.07. The third kappa shape index (κ3) is 3.17. The fourth-order valence-corrected chi connectivity index (χ4v) is 0.620. The predicted octanol–water partition coefficient (Wildman–Crippen LogP) is 1.00. The van der Waals surface area contributed by atoms with Gasteiger partial charge in [-0.25, -0.2) is 9.78 Å². The molecule has 0 fully saturated rings. The maximum absolute atomic E-state index is 10.9. The van der Waals surface area contributed by atoms with E-state index in [1.165, 1.54) is 6.20 Å². The van der Waals surface area contributed by atoms with Gasteiger partial charge in [0, 0.05) is 35.8 Å². The van der Waals surface area contributed by atoms with Gasteiger partial charge in [0.1, 0.15) is 5.69 Å². The molecule has 1 aromatic rings. The number of aromatic nitrogens is 1. The van der Waals surface area contributed by atoms with Crippen LogP contribution in [0.25, 0.3) is 0 Å². The van der Waals surface area contributed by atoms with E-state index in [-0.39, 0.29) is 35.3 Å². The van der Waals surface area contributed by atoms with E-state index in [4.69, 9.17) is 0 Å². The first kappa shape index (κ1) is 11.4. The Morgan fingerprint density at radius 2 is 2.33 bits per heavy atom. The average Bonchev–Trinajstić information content (AvgIpc) is 2.07. The number of nitrogens with zero attached hydrogens (tertiary/aromatic N) is 1. The van der Waals surface area contributed by atoms with E-state index in [2.05, 4.69) is 16.3 Å². The first-order valence-corrected chi connectivity index (χ1v) is 3.07. The number of ether oxygens (including phenoxy) is 1. The van der Waals surface area contributed by atoms with E-state index in [9.17, 15) is 4.79 Å². The summed E-state index contributed by atoms with van der Waals surface area (Å²) in [5.74, 6) is -0.486. The molecule has 0 amide bonds. The van der Waals surface area contributed by atoms with Gasteiger partial charge < -0.3 is 4.74 Å². The largest absolute Gasteiger partial charge is 0.430 e. The summed E-state index contributed by atoms with van der Waals surface area (Å²) in [5, 5.41) is 0. The molecular weight excluding hydrogens is 165 g/mol. The Bertz CT molecular complexity index is 261. The van der Waals surface area contributed by atoms with E-state index in [1.54, 1.807) is 18.2 Å². The summed E-state index contributed by atoms with van der Waals surface area (Å²) in [5.41, 5.74) is 0.285. The van der Waals surface area contributed by atoms with Crippen molar-refractivity contribution >= 4 is 35.5 Å². The molecule has 3 nitrogen and oxygen atoms in total. The molecule has 1 radical (unpaired) electrons. The topological polar surface area (TPSA) is 39.2 Å². The Hall–Kier alpha value is -0.640. The number of rotatable bonds is 2. The summed E-state index contributed by atoms with van der Waals surface area (Å²) in [7, 11) is 0. The van der Waals surface area contributed by atoms with Gasteiger partial charge in [0.05, 0.1) is 6.26 Å². The molecular formula is C8H7NNaO2. The van der Waals surface area contributed by atoms with Gasteiger partial charge in [0.15, 0.2) is 0 Å². The monoisotopic (exact) mass is 172 g/mol. The fourth-order valence-electron chi connectivity index (χ4n) is 0.620. The first-order chi connectivity index (χ1) is 5.34. The molecule has 0 saturated carbocycles. The standard InChI is InChI=1S/C8H7NO2.Na/c1-2-11-8(10)7-5-3-4-6-9-7;/h2-6H,1H2;. The van der Waals surface area contributed by atoms with E-state index >= 15 is 0 Å².